The number of carbonyl (C=O) groups is 1. The predicted molar refractivity (Wildman–Crippen MR) is 77.3 cm³/mol. The van der Waals surface area contributed by atoms with Crippen molar-refractivity contribution in [3.05, 3.63) is 33.3 Å². The first-order chi connectivity index (χ1) is 9.08. The van der Waals surface area contributed by atoms with Crippen molar-refractivity contribution in [2.24, 2.45) is 0 Å². The smallest absolute Gasteiger partial charge is 0.330 e. The Bertz CT molecular complexity index is 451. The molecule has 0 radical (unpaired) electrons. The van der Waals surface area contributed by atoms with Gasteiger partial charge in [-0.1, -0.05) is 11.6 Å². The maximum atomic E-state index is 11.2. The number of benzene rings is 1. The zero-order chi connectivity index (χ0) is 14.3. The first-order valence-electron chi connectivity index (χ1n) is 5.54. The summed E-state index contributed by atoms with van der Waals surface area (Å²) >= 11 is 9.49. The van der Waals surface area contributed by atoms with Crippen molar-refractivity contribution in [3.63, 3.8) is 0 Å². The summed E-state index contributed by atoms with van der Waals surface area (Å²) < 4.78 is 15.6. The molecule has 104 valence electrons. The maximum absolute atomic E-state index is 11.2. The molecule has 0 fully saturated rings. The summed E-state index contributed by atoms with van der Waals surface area (Å²) in [4.78, 5) is 11.2. The van der Waals surface area contributed by atoms with Gasteiger partial charge in [-0.25, -0.2) is 4.79 Å². The van der Waals surface area contributed by atoms with Gasteiger partial charge in [0.15, 0.2) is 6.79 Å². The van der Waals surface area contributed by atoms with Gasteiger partial charge in [-0.2, -0.15) is 0 Å². The van der Waals surface area contributed by atoms with E-state index in [2.05, 4.69) is 15.9 Å². The Morgan fingerprint density at radius 3 is 2.79 bits per heavy atom. The van der Waals surface area contributed by atoms with Crippen molar-refractivity contribution in [3.8, 4) is 5.75 Å². The Balaban J connectivity index is 2.87. The highest BCUT2D eigenvalue weighted by molar-refractivity contribution is 9.10. The molecule has 0 unspecified atom stereocenters. The van der Waals surface area contributed by atoms with Crippen molar-refractivity contribution in [1.29, 1.82) is 0 Å². The summed E-state index contributed by atoms with van der Waals surface area (Å²) in [5.74, 6) is 0.164. The van der Waals surface area contributed by atoms with Crippen molar-refractivity contribution in [1.82, 2.24) is 0 Å². The predicted octanol–water partition coefficient (Wildman–Crippen LogP) is 3.66. The highest BCUT2D eigenvalue weighted by Gasteiger charge is 2.07. The normalized spacial score (nSPS) is 10.7. The summed E-state index contributed by atoms with van der Waals surface area (Å²) in [6.07, 6.45) is 2.91. The molecule has 0 saturated carbocycles. The number of esters is 1. The molecule has 19 heavy (non-hydrogen) atoms. The lowest BCUT2D eigenvalue weighted by molar-refractivity contribution is -0.137. The molecule has 0 aromatic heterocycles. The number of halogens is 2. The molecule has 4 nitrogen and oxygen atoms in total. The molecule has 0 heterocycles. The Kier molecular flexibility index (Phi) is 6.91. The third-order valence-electron chi connectivity index (χ3n) is 2.07. The molecule has 0 aliphatic carbocycles. The second-order valence-corrected chi connectivity index (χ2v) is 4.70. The van der Waals surface area contributed by atoms with E-state index in [-0.39, 0.29) is 6.79 Å². The van der Waals surface area contributed by atoms with Crippen LogP contribution in [0, 0.1) is 0 Å². The quantitative estimate of drug-likeness (QED) is 0.447. The third kappa shape index (κ3) is 5.22. The Morgan fingerprint density at radius 2 is 2.21 bits per heavy atom. The van der Waals surface area contributed by atoms with Crippen LogP contribution in [0.1, 0.15) is 12.5 Å². The molecule has 0 N–H and O–H groups in total. The van der Waals surface area contributed by atoms with Gasteiger partial charge < -0.3 is 14.2 Å². The average Bonchev–Trinajstić information content (AvgIpc) is 2.35. The van der Waals surface area contributed by atoms with Gasteiger partial charge in [0.2, 0.25) is 0 Å². The van der Waals surface area contributed by atoms with Crippen LogP contribution < -0.4 is 4.74 Å². The molecular formula is C13H14BrClO4. The molecule has 6 heteroatoms. The van der Waals surface area contributed by atoms with Gasteiger partial charge in [-0.05, 0) is 41.1 Å². The van der Waals surface area contributed by atoms with Crippen LogP contribution in [0.15, 0.2) is 22.7 Å². The van der Waals surface area contributed by atoms with Gasteiger partial charge in [0.25, 0.3) is 0 Å². The topological polar surface area (TPSA) is 44.8 Å². The molecule has 0 aliphatic heterocycles. The molecule has 0 spiro atoms. The first-order valence-corrected chi connectivity index (χ1v) is 6.71. The van der Waals surface area contributed by atoms with E-state index in [1.165, 1.54) is 13.2 Å². The summed E-state index contributed by atoms with van der Waals surface area (Å²) in [7, 11) is 1.53. The van der Waals surface area contributed by atoms with E-state index in [0.717, 1.165) is 0 Å². The molecule has 0 bridgehead atoms. The van der Waals surface area contributed by atoms with Crippen LogP contribution >= 0.6 is 27.5 Å². The van der Waals surface area contributed by atoms with Crippen molar-refractivity contribution >= 4 is 39.6 Å². The minimum atomic E-state index is -0.412. The molecule has 0 amide bonds. The molecule has 0 aliphatic rings. The van der Waals surface area contributed by atoms with E-state index in [1.54, 1.807) is 25.1 Å². The van der Waals surface area contributed by atoms with Gasteiger partial charge in [0.05, 0.1) is 11.6 Å². The second kappa shape index (κ2) is 8.19. The third-order valence-corrected chi connectivity index (χ3v) is 3.04. The van der Waals surface area contributed by atoms with Crippen molar-refractivity contribution < 1.29 is 19.0 Å². The number of hydrogen-bond acceptors (Lipinski definition) is 4. The van der Waals surface area contributed by atoms with Crippen molar-refractivity contribution in [2.75, 3.05) is 20.5 Å². The summed E-state index contributed by atoms with van der Waals surface area (Å²) in [5, 5.41) is 0.459. The maximum Gasteiger partial charge on any atom is 0.330 e. The summed E-state index contributed by atoms with van der Waals surface area (Å²) in [6, 6.07) is 3.39. The number of carbonyl (C=O) groups excluding carboxylic acids is 1. The molecular weight excluding hydrogens is 335 g/mol. The average molecular weight is 350 g/mol. The highest BCUT2D eigenvalue weighted by Crippen LogP contribution is 2.31. The Labute approximate surface area is 125 Å². The van der Waals surface area contributed by atoms with Gasteiger partial charge in [-0.3, -0.25) is 0 Å². The number of ether oxygens (including phenoxy) is 3. The Hall–Kier alpha value is -1.04. The van der Waals surface area contributed by atoms with E-state index < -0.39 is 5.97 Å². The lowest BCUT2D eigenvalue weighted by Gasteiger charge is -2.08. The largest absolute Gasteiger partial charge is 0.467 e. The highest BCUT2D eigenvalue weighted by atomic mass is 79.9. The fourth-order valence-corrected chi connectivity index (χ4v) is 2.23. The fraction of sp³-hybridized carbons (Fsp3) is 0.308. The van der Waals surface area contributed by atoms with E-state index in [9.17, 15) is 4.79 Å². The van der Waals surface area contributed by atoms with Crippen LogP contribution in [-0.4, -0.2) is 26.5 Å². The summed E-state index contributed by atoms with van der Waals surface area (Å²) in [5.41, 5.74) is 0.680. The van der Waals surface area contributed by atoms with E-state index >= 15 is 0 Å². The zero-order valence-corrected chi connectivity index (χ0v) is 13.0. The number of hydrogen-bond donors (Lipinski definition) is 0. The molecule has 1 rings (SSSR count). The van der Waals surface area contributed by atoms with Crippen LogP contribution in [0.4, 0.5) is 0 Å². The van der Waals surface area contributed by atoms with E-state index in [4.69, 9.17) is 25.8 Å². The summed E-state index contributed by atoms with van der Waals surface area (Å²) in [6.45, 7) is 2.22. The minimum Gasteiger partial charge on any atom is -0.467 e. The van der Waals surface area contributed by atoms with E-state index in [1.807, 2.05) is 0 Å². The van der Waals surface area contributed by atoms with Crippen LogP contribution in [0.25, 0.3) is 6.08 Å². The number of methoxy groups -OCH3 is 1. The van der Waals surface area contributed by atoms with Gasteiger partial charge >= 0.3 is 5.97 Å². The number of rotatable bonds is 6. The second-order valence-electron chi connectivity index (χ2n) is 3.44. The van der Waals surface area contributed by atoms with Crippen molar-refractivity contribution in [2.45, 2.75) is 6.92 Å². The SMILES string of the molecule is CCOC(=O)/C=C/c1c(Cl)cc(OCOC)cc1Br. The molecule has 0 atom stereocenters. The lowest BCUT2D eigenvalue weighted by Crippen LogP contribution is -2.00. The van der Waals surface area contributed by atoms with Gasteiger partial charge in [-0.15, -0.1) is 0 Å². The molecule has 1 aromatic carbocycles. The lowest BCUT2D eigenvalue weighted by atomic mass is 10.2. The fourth-order valence-electron chi connectivity index (χ4n) is 1.27. The van der Waals surface area contributed by atoms with Crippen LogP contribution in [-0.2, 0) is 14.3 Å². The monoisotopic (exact) mass is 348 g/mol. The zero-order valence-electron chi connectivity index (χ0n) is 10.6. The van der Waals surface area contributed by atoms with Gasteiger partial charge in [0.1, 0.15) is 5.75 Å². The van der Waals surface area contributed by atoms with Crippen LogP contribution in [0.2, 0.25) is 5.02 Å². The molecule has 1 aromatic rings. The van der Waals surface area contributed by atoms with Crippen LogP contribution in [0.3, 0.4) is 0 Å². The molecule has 0 saturated heterocycles. The first kappa shape index (κ1) is 16.0. The standard InChI is InChI=1S/C13H14BrClO4/c1-3-18-13(16)5-4-10-11(14)6-9(7-12(10)15)19-8-17-2/h4-7H,3,8H2,1-2H3/b5-4+. The van der Waals surface area contributed by atoms with Gasteiger partial charge in [0, 0.05) is 23.2 Å². The minimum absolute atomic E-state index is 0.140. The van der Waals surface area contributed by atoms with Crippen LogP contribution in [0.5, 0.6) is 5.75 Å². The van der Waals surface area contributed by atoms with E-state index in [0.29, 0.717) is 27.4 Å². The Morgan fingerprint density at radius 1 is 1.47 bits per heavy atom.